The Kier molecular flexibility index (Phi) is 3.88. The molecule has 0 fully saturated rings. The van der Waals surface area contributed by atoms with Gasteiger partial charge in [-0.15, -0.1) is 0 Å². The maximum atomic E-state index is 6.03. The maximum Gasteiger partial charge on any atom is 0.162 e. The number of aryl methyl sites for hydroxylation is 1. The van der Waals surface area contributed by atoms with E-state index in [0.717, 1.165) is 5.39 Å². The highest BCUT2D eigenvalue weighted by Crippen LogP contribution is 2.19. The fraction of sp³-hybridized carbons (Fsp3) is 0.500. The Balaban J connectivity index is 2.15. The number of halogens is 1. The molecular formula is C10H13ClN4O2. The largest absolute Gasteiger partial charge is 0.382 e. The number of aromatic nitrogens is 4. The van der Waals surface area contributed by atoms with Gasteiger partial charge in [0, 0.05) is 14.2 Å². The van der Waals surface area contributed by atoms with Crippen molar-refractivity contribution in [1.29, 1.82) is 0 Å². The Morgan fingerprint density at radius 1 is 1.35 bits per heavy atom. The van der Waals surface area contributed by atoms with Crippen LogP contribution in [0.3, 0.4) is 0 Å². The standard InChI is InChI=1S/C10H13ClN4O2/c1-15-10-7(5-12-15)9(11)13-8(14-10)6-17-4-3-16-2/h5H,3-4,6H2,1-2H3. The molecule has 0 amide bonds. The Labute approximate surface area is 104 Å². The molecule has 0 saturated heterocycles. The molecule has 0 N–H and O–H groups in total. The number of hydrogen-bond donors (Lipinski definition) is 0. The van der Waals surface area contributed by atoms with Gasteiger partial charge >= 0.3 is 0 Å². The van der Waals surface area contributed by atoms with Crippen molar-refractivity contribution in [3.05, 3.63) is 17.2 Å². The van der Waals surface area contributed by atoms with Crippen LogP contribution in [0.4, 0.5) is 0 Å². The molecule has 0 aliphatic rings. The van der Waals surface area contributed by atoms with Gasteiger partial charge in [0.05, 0.1) is 24.8 Å². The maximum absolute atomic E-state index is 6.03. The van der Waals surface area contributed by atoms with E-state index in [1.54, 1.807) is 25.0 Å². The average molecular weight is 257 g/mol. The Hall–Kier alpha value is -1.24. The lowest BCUT2D eigenvalue weighted by Crippen LogP contribution is -2.05. The quantitative estimate of drug-likeness (QED) is 0.594. The summed E-state index contributed by atoms with van der Waals surface area (Å²) in [6.07, 6.45) is 1.65. The zero-order chi connectivity index (χ0) is 12.3. The SMILES string of the molecule is COCCOCc1nc(Cl)c2cnn(C)c2n1. The van der Waals surface area contributed by atoms with E-state index in [4.69, 9.17) is 21.1 Å². The van der Waals surface area contributed by atoms with Crippen molar-refractivity contribution in [3.63, 3.8) is 0 Å². The summed E-state index contributed by atoms with van der Waals surface area (Å²) in [5.74, 6) is 0.544. The van der Waals surface area contributed by atoms with Crippen LogP contribution in [0.2, 0.25) is 5.15 Å². The Bertz CT molecular complexity index is 514. The van der Waals surface area contributed by atoms with Crippen LogP contribution < -0.4 is 0 Å². The van der Waals surface area contributed by atoms with Gasteiger partial charge < -0.3 is 9.47 Å². The minimum absolute atomic E-state index is 0.310. The number of hydrogen-bond acceptors (Lipinski definition) is 5. The lowest BCUT2D eigenvalue weighted by molar-refractivity contribution is 0.0587. The van der Waals surface area contributed by atoms with E-state index in [9.17, 15) is 0 Å². The molecule has 0 aliphatic heterocycles. The van der Waals surface area contributed by atoms with Crippen LogP contribution in [0, 0.1) is 0 Å². The summed E-state index contributed by atoms with van der Waals surface area (Å²) in [5, 5.41) is 5.22. The predicted molar refractivity (Wildman–Crippen MR) is 62.8 cm³/mol. The number of methoxy groups -OCH3 is 1. The van der Waals surface area contributed by atoms with Gasteiger partial charge in [-0.3, -0.25) is 4.68 Å². The first-order valence-corrected chi connectivity index (χ1v) is 5.51. The number of ether oxygens (including phenoxy) is 2. The van der Waals surface area contributed by atoms with Crippen LogP contribution >= 0.6 is 11.6 Å². The Morgan fingerprint density at radius 3 is 2.94 bits per heavy atom. The molecule has 0 atom stereocenters. The van der Waals surface area contributed by atoms with E-state index < -0.39 is 0 Å². The van der Waals surface area contributed by atoms with Gasteiger partial charge in [-0.2, -0.15) is 5.10 Å². The van der Waals surface area contributed by atoms with E-state index in [1.807, 2.05) is 0 Å². The molecule has 0 saturated carbocycles. The minimum Gasteiger partial charge on any atom is -0.382 e. The topological polar surface area (TPSA) is 62.1 Å². The second-order valence-electron chi connectivity index (χ2n) is 3.48. The number of fused-ring (bicyclic) bond motifs is 1. The van der Waals surface area contributed by atoms with Crippen LogP contribution in [0.25, 0.3) is 11.0 Å². The first-order valence-electron chi connectivity index (χ1n) is 5.13. The van der Waals surface area contributed by atoms with Gasteiger partial charge in [0.2, 0.25) is 0 Å². The highest BCUT2D eigenvalue weighted by molar-refractivity contribution is 6.33. The van der Waals surface area contributed by atoms with Crippen LogP contribution in [0.1, 0.15) is 5.82 Å². The first kappa shape index (κ1) is 12.2. The van der Waals surface area contributed by atoms with E-state index in [-0.39, 0.29) is 0 Å². The zero-order valence-electron chi connectivity index (χ0n) is 9.68. The monoisotopic (exact) mass is 256 g/mol. The van der Waals surface area contributed by atoms with Crippen LogP contribution in [0.15, 0.2) is 6.20 Å². The summed E-state index contributed by atoms with van der Waals surface area (Å²) in [4.78, 5) is 8.48. The lowest BCUT2D eigenvalue weighted by Gasteiger charge is -2.03. The van der Waals surface area contributed by atoms with Crippen molar-refractivity contribution in [2.75, 3.05) is 20.3 Å². The minimum atomic E-state index is 0.310. The van der Waals surface area contributed by atoms with Crippen molar-refractivity contribution >= 4 is 22.6 Å². The average Bonchev–Trinajstić information content (AvgIpc) is 2.68. The molecule has 2 aromatic heterocycles. The van der Waals surface area contributed by atoms with Crippen molar-refractivity contribution < 1.29 is 9.47 Å². The molecule has 0 aromatic carbocycles. The fourth-order valence-corrected chi connectivity index (χ4v) is 1.63. The summed E-state index contributed by atoms with van der Waals surface area (Å²) < 4.78 is 11.9. The molecular weight excluding hydrogens is 244 g/mol. The summed E-state index contributed by atoms with van der Waals surface area (Å²) >= 11 is 6.03. The third-order valence-corrected chi connectivity index (χ3v) is 2.54. The third kappa shape index (κ3) is 2.71. The highest BCUT2D eigenvalue weighted by atomic mass is 35.5. The van der Waals surface area contributed by atoms with E-state index in [1.165, 1.54) is 0 Å². The van der Waals surface area contributed by atoms with Gasteiger partial charge in [0.25, 0.3) is 0 Å². The molecule has 2 rings (SSSR count). The van der Waals surface area contributed by atoms with Crippen molar-refractivity contribution in [1.82, 2.24) is 19.7 Å². The van der Waals surface area contributed by atoms with Crippen molar-refractivity contribution in [2.24, 2.45) is 7.05 Å². The first-order chi connectivity index (χ1) is 8.22. The highest BCUT2D eigenvalue weighted by Gasteiger charge is 2.09. The molecule has 7 heteroatoms. The molecule has 2 aromatic rings. The molecule has 0 unspecified atom stereocenters. The summed E-state index contributed by atoms with van der Waals surface area (Å²) in [5.41, 5.74) is 0.704. The van der Waals surface area contributed by atoms with E-state index in [0.29, 0.717) is 36.4 Å². The molecule has 92 valence electrons. The number of rotatable bonds is 5. The predicted octanol–water partition coefficient (Wildman–Crippen LogP) is 1.18. The fourth-order valence-electron chi connectivity index (χ4n) is 1.40. The van der Waals surface area contributed by atoms with Gasteiger partial charge in [-0.1, -0.05) is 11.6 Å². The zero-order valence-corrected chi connectivity index (χ0v) is 10.4. The lowest BCUT2D eigenvalue weighted by atomic mass is 10.4. The third-order valence-electron chi connectivity index (χ3n) is 2.25. The molecule has 17 heavy (non-hydrogen) atoms. The summed E-state index contributed by atoms with van der Waals surface area (Å²) in [6.45, 7) is 1.35. The summed E-state index contributed by atoms with van der Waals surface area (Å²) in [7, 11) is 3.43. The van der Waals surface area contributed by atoms with Gasteiger partial charge in [-0.05, 0) is 0 Å². The normalized spacial score (nSPS) is 11.2. The van der Waals surface area contributed by atoms with Gasteiger partial charge in [0.15, 0.2) is 11.5 Å². The molecule has 6 nitrogen and oxygen atoms in total. The van der Waals surface area contributed by atoms with Crippen LogP contribution in [-0.4, -0.2) is 40.1 Å². The second-order valence-corrected chi connectivity index (χ2v) is 3.84. The molecule has 0 spiro atoms. The molecule has 0 aliphatic carbocycles. The van der Waals surface area contributed by atoms with Gasteiger partial charge in [0.1, 0.15) is 11.8 Å². The van der Waals surface area contributed by atoms with Crippen LogP contribution in [-0.2, 0) is 23.1 Å². The van der Waals surface area contributed by atoms with Crippen LogP contribution in [0.5, 0.6) is 0 Å². The smallest absolute Gasteiger partial charge is 0.162 e. The van der Waals surface area contributed by atoms with Gasteiger partial charge in [-0.25, -0.2) is 9.97 Å². The molecule has 0 radical (unpaired) electrons. The van der Waals surface area contributed by atoms with E-state index in [2.05, 4.69) is 15.1 Å². The van der Waals surface area contributed by atoms with E-state index >= 15 is 0 Å². The molecule has 0 bridgehead atoms. The van der Waals surface area contributed by atoms with Crippen molar-refractivity contribution in [2.45, 2.75) is 6.61 Å². The summed E-state index contributed by atoms with van der Waals surface area (Å²) in [6, 6.07) is 0. The number of nitrogens with zero attached hydrogens (tertiary/aromatic N) is 4. The second kappa shape index (κ2) is 5.39. The van der Waals surface area contributed by atoms with Crippen molar-refractivity contribution in [3.8, 4) is 0 Å². The Morgan fingerprint density at radius 2 is 2.18 bits per heavy atom. The molecule has 2 heterocycles.